The minimum Gasteiger partial charge on any atom is -0.395 e. The first kappa shape index (κ1) is 16.9. The summed E-state index contributed by atoms with van der Waals surface area (Å²) in [5, 5.41) is 3.46. The van der Waals surface area contributed by atoms with E-state index in [4.69, 9.17) is 8.85 Å². The van der Waals surface area contributed by atoms with Crippen molar-refractivity contribution in [3.63, 3.8) is 0 Å². The third-order valence-electron chi connectivity index (χ3n) is 3.20. The maximum absolute atomic E-state index is 5.84. The second kappa shape index (κ2) is 8.95. The lowest BCUT2D eigenvalue weighted by Gasteiger charge is -2.26. The standard InChI is InChI=1S/C16H27NO2Si/c1-5-15-11-8-9-12-16(15)17-13-10-14-20(4,18-6-2)19-7-3/h5,8-9,11-12,17H,1,6-7,10,13-14H2,2-4H3. The molecule has 4 heteroatoms. The van der Waals surface area contributed by atoms with Gasteiger partial charge in [-0.3, -0.25) is 0 Å². The molecular weight excluding hydrogens is 266 g/mol. The highest BCUT2D eigenvalue weighted by atomic mass is 28.4. The second-order valence-electron chi connectivity index (χ2n) is 4.82. The summed E-state index contributed by atoms with van der Waals surface area (Å²) in [6, 6.07) is 9.22. The number of hydrogen-bond donors (Lipinski definition) is 1. The van der Waals surface area contributed by atoms with Crippen LogP contribution in [0.25, 0.3) is 6.08 Å². The normalized spacial score (nSPS) is 11.3. The van der Waals surface area contributed by atoms with Gasteiger partial charge in [-0.1, -0.05) is 30.9 Å². The number of anilines is 1. The highest BCUT2D eigenvalue weighted by Gasteiger charge is 2.29. The summed E-state index contributed by atoms with van der Waals surface area (Å²) >= 11 is 0. The first-order chi connectivity index (χ1) is 9.65. The van der Waals surface area contributed by atoms with Crippen molar-refractivity contribution in [2.45, 2.75) is 32.9 Å². The number of rotatable bonds is 10. The third-order valence-corrected chi connectivity index (χ3v) is 6.26. The van der Waals surface area contributed by atoms with Crippen LogP contribution in [0.1, 0.15) is 25.8 Å². The van der Waals surface area contributed by atoms with E-state index in [2.05, 4.69) is 30.6 Å². The maximum atomic E-state index is 5.84. The van der Waals surface area contributed by atoms with E-state index in [1.54, 1.807) is 0 Å². The molecule has 1 rings (SSSR count). The average Bonchev–Trinajstić information content (AvgIpc) is 2.44. The first-order valence-corrected chi connectivity index (χ1v) is 9.90. The molecule has 0 fully saturated rings. The van der Waals surface area contributed by atoms with Crippen LogP contribution in [-0.2, 0) is 8.85 Å². The summed E-state index contributed by atoms with van der Waals surface area (Å²) in [4.78, 5) is 0. The van der Waals surface area contributed by atoms with Gasteiger partial charge in [-0.2, -0.15) is 0 Å². The molecule has 112 valence electrons. The van der Waals surface area contributed by atoms with Crippen LogP contribution in [0.2, 0.25) is 12.6 Å². The summed E-state index contributed by atoms with van der Waals surface area (Å²) in [6.07, 6.45) is 2.93. The fourth-order valence-corrected chi connectivity index (χ4v) is 4.68. The summed E-state index contributed by atoms with van der Waals surface area (Å²) < 4.78 is 11.7. The lowest BCUT2D eigenvalue weighted by Crippen LogP contribution is -2.39. The van der Waals surface area contributed by atoms with Crippen LogP contribution in [0.4, 0.5) is 5.69 Å². The van der Waals surface area contributed by atoms with Gasteiger partial charge in [0.25, 0.3) is 0 Å². The van der Waals surface area contributed by atoms with Crippen molar-refractivity contribution in [2.24, 2.45) is 0 Å². The lowest BCUT2D eigenvalue weighted by molar-refractivity contribution is 0.188. The number of para-hydroxylation sites is 1. The van der Waals surface area contributed by atoms with E-state index in [0.717, 1.165) is 43.5 Å². The van der Waals surface area contributed by atoms with E-state index < -0.39 is 8.56 Å². The highest BCUT2D eigenvalue weighted by Crippen LogP contribution is 2.18. The van der Waals surface area contributed by atoms with E-state index in [1.807, 2.05) is 32.1 Å². The molecule has 0 radical (unpaired) electrons. The molecule has 0 aliphatic carbocycles. The Labute approximate surface area is 124 Å². The SMILES string of the molecule is C=Cc1ccccc1NCCC[Si](C)(OCC)OCC. The van der Waals surface area contributed by atoms with Crippen molar-refractivity contribution < 1.29 is 8.85 Å². The van der Waals surface area contributed by atoms with Gasteiger partial charge in [-0.15, -0.1) is 0 Å². The van der Waals surface area contributed by atoms with Crippen molar-refractivity contribution in [1.29, 1.82) is 0 Å². The zero-order chi connectivity index (χ0) is 14.8. The van der Waals surface area contributed by atoms with Gasteiger partial charge in [0.2, 0.25) is 0 Å². The number of nitrogens with one attached hydrogen (secondary N) is 1. The molecule has 1 N–H and O–H groups in total. The van der Waals surface area contributed by atoms with Gasteiger partial charge in [0.15, 0.2) is 0 Å². The van der Waals surface area contributed by atoms with Gasteiger partial charge in [0.1, 0.15) is 0 Å². The Morgan fingerprint density at radius 3 is 2.45 bits per heavy atom. The minimum atomic E-state index is -1.97. The van der Waals surface area contributed by atoms with Crippen molar-refractivity contribution in [2.75, 3.05) is 25.1 Å². The largest absolute Gasteiger partial charge is 0.395 e. The van der Waals surface area contributed by atoms with Crippen LogP contribution >= 0.6 is 0 Å². The van der Waals surface area contributed by atoms with Crippen molar-refractivity contribution in [3.8, 4) is 0 Å². The molecule has 1 aromatic rings. The molecule has 0 bridgehead atoms. The van der Waals surface area contributed by atoms with Gasteiger partial charge in [0.05, 0.1) is 0 Å². The second-order valence-corrected chi connectivity index (χ2v) is 8.17. The molecular formula is C16H27NO2Si. The summed E-state index contributed by atoms with van der Waals surface area (Å²) in [5.41, 5.74) is 2.28. The minimum absolute atomic E-state index is 0.732. The van der Waals surface area contributed by atoms with E-state index in [9.17, 15) is 0 Å². The molecule has 3 nitrogen and oxygen atoms in total. The van der Waals surface area contributed by atoms with Crippen LogP contribution in [0.3, 0.4) is 0 Å². The highest BCUT2D eigenvalue weighted by molar-refractivity contribution is 6.66. The Bertz CT molecular complexity index is 403. The van der Waals surface area contributed by atoms with E-state index in [-0.39, 0.29) is 0 Å². The van der Waals surface area contributed by atoms with Gasteiger partial charge in [-0.05, 0) is 44.5 Å². The Kier molecular flexibility index (Phi) is 7.58. The summed E-state index contributed by atoms with van der Waals surface area (Å²) in [5.74, 6) is 0. The molecule has 0 spiro atoms. The molecule has 0 saturated carbocycles. The Hall–Kier alpha value is -1.10. The number of hydrogen-bond acceptors (Lipinski definition) is 3. The average molecular weight is 293 g/mol. The molecule has 0 aliphatic heterocycles. The molecule has 0 amide bonds. The third kappa shape index (κ3) is 5.49. The fourth-order valence-electron chi connectivity index (χ4n) is 2.27. The Morgan fingerprint density at radius 1 is 1.20 bits per heavy atom. The molecule has 0 saturated heterocycles. The van der Waals surface area contributed by atoms with Gasteiger partial charge in [-0.25, -0.2) is 0 Å². The molecule has 1 aromatic carbocycles. The zero-order valence-electron chi connectivity index (χ0n) is 12.9. The van der Waals surface area contributed by atoms with Gasteiger partial charge >= 0.3 is 8.56 Å². The molecule has 20 heavy (non-hydrogen) atoms. The molecule has 0 heterocycles. The molecule has 0 aliphatic rings. The molecule has 0 atom stereocenters. The van der Waals surface area contributed by atoms with Gasteiger partial charge in [0, 0.05) is 25.4 Å². The molecule has 0 unspecified atom stereocenters. The predicted octanol–water partition coefficient (Wildman–Crippen LogP) is 4.28. The van der Waals surface area contributed by atoms with E-state index >= 15 is 0 Å². The molecule has 0 aromatic heterocycles. The van der Waals surface area contributed by atoms with Gasteiger partial charge < -0.3 is 14.2 Å². The van der Waals surface area contributed by atoms with Crippen LogP contribution in [0, 0.1) is 0 Å². The van der Waals surface area contributed by atoms with Crippen LogP contribution in [0.5, 0.6) is 0 Å². The first-order valence-electron chi connectivity index (χ1n) is 7.38. The quantitative estimate of drug-likeness (QED) is 0.516. The topological polar surface area (TPSA) is 30.5 Å². The van der Waals surface area contributed by atoms with E-state index in [1.165, 1.54) is 0 Å². The van der Waals surface area contributed by atoms with Crippen LogP contribution in [-0.4, -0.2) is 28.3 Å². The zero-order valence-corrected chi connectivity index (χ0v) is 13.9. The van der Waals surface area contributed by atoms with Crippen molar-refractivity contribution >= 4 is 20.3 Å². The fraction of sp³-hybridized carbons (Fsp3) is 0.500. The van der Waals surface area contributed by atoms with Crippen LogP contribution in [0.15, 0.2) is 30.8 Å². The van der Waals surface area contributed by atoms with Crippen molar-refractivity contribution in [3.05, 3.63) is 36.4 Å². The monoisotopic (exact) mass is 293 g/mol. The summed E-state index contributed by atoms with van der Waals surface area (Å²) in [6.45, 7) is 12.4. The maximum Gasteiger partial charge on any atom is 0.334 e. The number of benzene rings is 1. The smallest absolute Gasteiger partial charge is 0.334 e. The predicted molar refractivity (Wildman–Crippen MR) is 89.3 cm³/mol. The Balaban J connectivity index is 2.41. The lowest BCUT2D eigenvalue weighted by atomic mass is 10.2. The van der Waals surface area contributed by atoms with E-state index in [0.29, 0.717) is 0 Å². The van der Waals surface area contributed by atoms with Crippen LogP contribution < -0.4 is 5.32 Å². The van der Waals surface area contributed by atoms with Crippen molar-refractivity contribution in [1.82, 2.24) is 0 Å². The summed E-state index contributed by atoms with van der Waals surface area (Å²) in [7, 11) is -1.97. The Morgan fingerprint density at radius 2 is 1.85 bits per heavy atom.